The summed E-state index contributed by atoms with van der Waals surface area (Å²) in [4.78, 5) is 2.36. The molecule has 1 heterocycles. The average Bonchev–Trinajstić information content (AvgIpc) is 2.70. The first kappa shape index (κ1) is 12.7. The van der Waals surface area contributed by atoms with Gasteiger partial charge in [0, 0.05) is 19.6 Å². The summed E-state index contributed by atoms with van der Waals surface area (Å²) in [5.74, 6) is 0. The van der Waals surface area contributed by atoms with E-state index in [1.165, 1.54) is 18.4 Å². The zero-order chi connectivity index (χ0) is 10.9. The van der Waals surface area contributed by atoms with E-state index in [-0.39, 0.29) is 0 Å². The Morgan fingerprint density at radius 1 is 1.40 bits per heavy atom. The first-order valence-electron chi connectivity index (χ1n) is 5.73. The summed E-state index contributed by atoms with van der Waals surface area (Å²) in [7, 11) is 2.18. The molecule has 0 saturated heterocycles. The highest BCUT2D eigenvalue weighted by Gasteiger charge is 1.99. The Balaban J connectivity index is 2.01. The fraction of sp³-hybridized carbons (Fsp3) is 0.667. The molecular formula is C12H22N2S. The Morgan fingerprint density at radius 3 is 2.93 bits per heavy atom. The molecule has 0 aliphatic rings. The number of nitrogens with one attached hydrogen (secondary N) is 1. The van der Waals surface area contributed by atoms with E-state index in [0.717, 1.165) is 26.2 Å². The lowest BCUT2D eigenvalue weighted by Crippen LogP contribution is -2.29. The second-order valence-electron chi connectivity index (χ2n) is 3.97. The van der Waals surface area contributed by atoms with E-state index in [1.54, 1.807) is 11.3 Å². The van der Waals surface area contributed by atoms with Gasteiger partial charge in [0.1, 0.15) is 0 Å². The number of unbranched alkanes of at least 4 members (excludes halogenated alkanes) is 1. The molecule has 15 heavy (non-hydrogen) atoms. The molecule has 0 unspecified atom stereocenters. The number of likely N-dealkylation sites (N-methyl/N-ethyl adjacent to an activating group) is 1. The summed E-state index contributed by atoms with van der Waals surface area (Å²) in [5.41, 5.74) is 1.43. The van der Waals surface area contributed by atoms with Crippen LogP contribution >= 0.6 is 11.3 Å². The van der Waals surface area contributed by atoms with Gasteiger partial charge >= 0.3 is 0 Å². The Kier molecular flexibility index (Phi) is 6.64. The van der Waals surface area contributed by atoms with Crippen molar-refractivity contribution in [3.63, 3.8) is 0 Å². The quantitative estimate of drug-likeness (QED) is 0.685. The topological polar surface area (TPSA) is 15.3 Å². The van der Waals surface area contributed by atoms with Gasteiger partial charge in [0.15, 0.2) is 0 Å². The van der Waals surface area contributed by atoms with Gasteiger partial charge in [0.05, 0.1) is 0 Å². The molecular weight excluding hydrogens is 204 g/mol. The molecule has 1 aromatic rings. The van der Waals surface area contributed by atoms with E-state index in [4.69, 9.17) is 0 Å². The summed E-state index contributed by atoms with van der Waals surface area (Å²) in [6.45, 7) is 6.67. The van der Waals surface area contributed by atoms with E-state index in [0.29, 0.717) is 0 Å². The molecule has 0 fully saturated rings. The highest BCUT2D eigenvalue weighted by molar-refractivity contribution is 7.07. The van der Waals surface area contributed by atoms with E-state index in [1.807, 2.05) is 0 Å². The second-order valence-corrected chi connectivity index (χ2v) is 4.75. The van der Waals surface area contributed by atoms with Crippen LogP contribution < -0.4 is 5.32 Å². The third kappa shape index (κ3) is 5.92. The summed E-state index contributed by atoms with van der Waals surface area (Å²) in [6.07, 6.45) is 2.56. The normalized spacial score (nSPS) is 11.1. The summed E-state index contributed by atoms with van der Waals surface area (Å²) in [6, 6.07) is 2.20. The molecule has 2 nitrogen and oxygen atoms in total. The van der Waals surface area contributed by atoms with E-state index >= 15 is 0 Å². The second kappa shape index (κ2) is 7.85. The predicted molar refractivity (Wildman–Crippen MR) is 68.4 cm³/mol. The monoisotopic (exact) mass is 226 g/mol. The minimum absolute atomic E-state index is 1.07. The summed E-state index contributed by atoms with van der Waals surface area (Å²) < 4.78 is 0. The van der Waals surface area contributed by atoms with Gasteiger partial charge in [-0.3, -0.25) is 0 Å². The van der Waals surface area contributed by atoms with Crippen LogP contribution in [0.15, 0.2) is 16.8 Å². The fourth-order valence-electron chi connectivity index (χ4n) is 1.47. The average molecular weight is 226 g/mol. The lowest BCUT2D eigenvalue weighted by Gasteiger charge is -2.15. The van der Waals surface area contributed by atoms with Crippen LogP contribution in [-0.4, -0.2) is 31.6 Å². The minimum atomic E-state index is 1.07. The van der Waals surface area contributed by atoms with Crippen molar-refractivity contribution in [2.75, 3.05) is 26.7 Å². The highest BCUT2D eigenvalue weighted by atomic mass is 32.1. The fourth-order valence-corrected chi connectivity index (χ4v) is 2.13. The van der Waals surface area contributed by atoms with Crippen molar-refractivity contribution in [3.05, 3.63) is 22.4 Å². The van der Waals surface area contributed by atoms with Crippen LogP contribution in [0.1, 0.15) is 25.3 Å². The van der Waals surface area contributed by atoms with Gasteiger partial charge in [-0.2, -0.15) is 11.3 Å². The van der Waals surface area contributed by atoms with Crippen LogP contribution in [0.5, 0.6) is 0 Å². The molecule has 86 valence electrons. The van der Waals surface area contributed by atoms with E-state index in [9.17, 15) is 0 Å². The van der Waals surface area contributed by atoms with Gasteiger partial charge in [0.2, 0.25) is 0 Å². The third-order valence-electron chi connectivity index (χ3n) is 2.41. The number of hydrogen-bond donors (Lipinski definition) is 1. The van der Waals surface area contributed by atoms with Crippen LogP contribution in [-0.2, 0) is 6.54 Å². The standard InChI is InChI=1S/C12H22N2S/c1-3-4-6-13-7-8-14(2)10-12-5-9-15-11-12/h5,9,11,13H,3-4,6-8,10H2,1-2H3. The summed E-state index contributed by atoms with van der Waals surface area (Å²) in [5, 5.41) is 7.82. The molecule has 0 saturated carbocycles. The van der Waals surface area contributed by atoms with Gasteiger partial charge in [-0.05, 0) is 42.4 Å². The van der Waals surface area contributed by atoms with Crippen molar-refractivity contribution in [3.8, 4) is 0 Å². The Morgan fingerprint density at radius 2 is 2.27 bits per heavy atom. The molecule has 0 aliphatic carbocycles. The number of nitrogens with zero attached hydrogens (tertiary/aromatic N) is 1. The zero-order valence-corrected chi connectivity index (χ0v) is 10.6. The van der Waals surface area contributed by atoms with Gasteiger partial charge in [-0.15, -0.1) is 0 Å². The molecule has 0 bridgehead atoms. The predicted octanol–water partition coefficient (Wildman–Crippen LogP) is 2.57. The first-order chi connectivity index (χ1) is 7.33. The molecule has 1 N–H and O–H groups in total. The van der Waals surface area contributed by atoms with Crippen molar-refractivity contribution < 1.29 is 0 Å². The number of hydrogen-bond acceptors (Lipinski definition) is 3. The Bertz CT molecular complexity index is 234. The van der Waals surface area contributed by atoms with Crippen LogP contribution in [0.4, 0.5) is 0 Å². The highest BCUT2D eigenvalue weighted by Crippen LogP contribution is 2.07. The molecule has 0 spiro atoms. The lowest BCUT2D eigenvalue weighted by atomic mass is 10.3. The van der Waals surface area contributed by atoms with E-state index < -0.39 is 0 Å². The molecule has 0 aromatic carbocycles. The van der Waals surface area contributed by atoms with Crippen molar-refractivity contribution in [2.45, 2.75) is 26.3 Å². The Hall–Kier alpha value is -0.380. The molecule has 1 rings (SSSR count). The van der Waals surface area contributed by atoms with Crippen LogP contribution in [0.25, 0.3) is 0 Å². The van der Waals surface area contributed by atoms with Crippen molar-refractivity contribution in [2.24, 2.45) is 0 Å². The molecule has 3 heteroatoms. The largest absolute Gasteiger partial charge is 0.315 e. The van der Waals surface area contributed by atoms with Gasteiger partial charge < -0.3 is 10.2 Å². The zero-order valence-electron chi connectivity index (χ0n) is 9.83. The number of thiophene rings is 1. The molecule has 1 aromatic heterocycles. The van der Waals surface area contributed by atoms with Crippen LogP contribution in [0, 0.1) is 0 Å². The lowest BCUT2D eigenvalue weighted by molar-refractivity contribution is 0.324. The van der Waals surface area contributed by atoms with Gasteiger partial charge in [-0.1, -0.05) is 13.3 Å². The van der Waals surface area contributed by atoms with Crippen LogP contribution in [0.2, 0.25) is 0 Å². The maximum Gasteiger partial charge on any atom is 0.0239 e. The van der Waals surface area contributed by atoms with Gasteiger partial charge in [0.25, 0.3) is 0 Å². The smallest absolute Gasteiger partial charge is 0.0239 e. The molecule has 0 amide bonds. The minimum Gasteiger partial charge on any atom is -0.315 e. The first-order valence-corrected chi connectivity index (χ1v) is 6.67. The third-order valence-corrected chi connectivity index (χ3v) is 3.14. The van der Waals surface area contributed by atoms with Crippen molar-refractivity contribution >= 4 is 11.3 Å². The molecule has 0 atom stereocenters. The molecule has 0 aliphatic heterocycles. The Labute approximate surface area is 97.3 Å². The maximum atomic E-state index is 3.46. The van der Waals surface area contributed by atoms with Crippen LogP contribution in [0.3, 0.4) is 0 Å². The SMILES string of the molecule is CCCCNCCN(C)Cc1ccsc1. The van der Waals surface area contributed by atoms with E-state index in [2.05, 4.69) is 41.0 Å². The summed E-state index contributed by atoms with van der Waals surface area (Å²) >= 11 is 1.77. The maximum absolute atomic E-state index is 3.46. The molecule has 0 radical (unpaired) electrons. The number of rotatable bonds is 8. The van der Waals surface area contributed by atoms with Crippen molar-refractivity contribution in [1.29, 1.82) is 0 Å². The van der Waals surface area contributed by atoms with Gasteiger partial charge in [-0.25, -0.2) is 0 Å². The van der Waals surface area contributed by atoms with Crippen molar-refractivity contribution in [1.82, 2.24) is 10.2 Å².